The molecule has 1 N–H and O–H groups in total. The van der Waals surface area contributed by atoms with Gasteiger partial charge in [-0.2, -0.15) is 0 Å². The van der Waals surface area contributed by atoms with Crippen molar-refractivity contribution < 1.29 is 4.74 Å². The fraction of sp³-hybridized carbons (Fsp3) is 0.429. The Bertz CT molecular complexity index is 748. The first-order chi connectivity index (χ1) is 12.7. The molecule has 1 fully saturated rings. The molecule has 1 aliphatic rings. The van der Waals surface area contributed by atoms with Crippen LogP contribution in [0.5, 0.6) is 5.75 Å². The third-order valence-corrected chi connectivity index (χ3v) is 4.75. The highest BCUT2D eigenvalue weighted by Gasteiger charge is 2.26. The lowest BCUT2D eigenvalue weighted by molar-refractivity contribution is 0.414. The Morgan fingerprint density at radius 3 is 2.70 bits per heavy atom. The van der Waals surface area contributed by atoms with Gasteiger partial charge in [0.2, 0.25) is 0 Å². The van der Waals surface area contributed by atoms with Crippen LogP contribution in [-0.4, -0.2) is 42.6 Å². The Hall–Kier alpha value is -1.83. The van der Waals surface area contributed by atoms with Crippen molar-refractivity contribution in [1.29, 1.82) is 0 Å². The predicted molar refractivity (Wildman–Crippen MR) is 121 cm³/mol. The van der Waals surface area contributed by atoms with E-state index >= 15 is 0 Å². The number of hydrogen-bond acceptors (Lipinski definition) is 3. The first-order valence-electron chi connectivity index (χ1n) is 9.29. The SMILES string of the molecule is CCNC(=NCc1cccc(C)n1)N1CCC(c2ccc(OC)cc2)C1.I. The Kier molecular flexibility index (Phi) is 8.34. The third kappa shape index (κ3) is 5.82. The van der Waals surface area contributed by atoms with E-state index < -0.39 is 0 Å². The summed E-state index contributed by atoms with van der Waals surface area (Å²) in [4.78, 5) is 11.7. The minimum Gasteiger partial charge on any atom is -0.497 e. The fourth-order valence-electron chi connectivity index (χ4n) is 3.37. The number of rotatable bonds is 5. The van der Waals surface area contributed by atoms with Gasteiger partial charge in [0.15, 0.2) is 5.96 Å². The number of aryl methyl sites for hydroxylation is 1. The zero-order valence-corrected chi connectivity index (χ0v) is 18.6. The summed E-state index contributed by atoms with van der Waals surface area (Å²) in [5.41, 5.74) is 3.40. The smallest absolute Gasteiger partial charge is 0.194 e. The molecule has 0 bridgehead atoms. The summed E-state index contributed by atoms with van der Waals surface area (Å²) >= 11 is 0. The largest absolute Gasteiger partial charge is 0.497 e. The van der Waals surface area contributed by atoms with Crippen molar-refractivity contribution >= 4 is 29.9 Å². The lowest BCUT2D eigenvalue weighted by atomic mass is 9.98. The lowest BCUT2D eigenvalue weighted by Gasteiger charge is -2.21. The summed E-state index contributed by atoms with van der Waals surface area (Å²) in [5, 5.41) is 3.43. The second kappa shape index (κ2) is 10.5. The van der Waals surface area contributed by atoms with Crippen molar-refractivity contribution in [3.05, 3.63) is 59.4 Å². The van der Waals surface area contributed by atoms with Gasteiger partial charge in [-0.1, -0.05) is 18.2 Å². The fourth-order valence-corrected chi connectivity index (χ4v) is 3.37. The van der Waals surface area contributed by atoms with Crippen LogP contribution < -0.4 is 10.1 Å². The zero-order chi connectivity index (χ0) is 18.4. The molecule has 0 spiro atoms. The Balaban J connectivity index is 0.00000261. The van der Waals surface area contributed by atoms with Crippen LogP contribution in [0.2, 0.25) is 0 Å². The maximum absolute atomic E-state index is 5.26. The van der Waals surface area contributed by atoms with Gasteiger partial charge in [0.05, 0.1) is 19.3 Å². The molecule has 1 saturated heterocycles. The van der Waals surface area contributed by atoms with Crippen molar-refractivity contribution in [1.82, 2.24) is 15.2 Å². The van der Waals surface area contributed by atoms with E-state index in [1.54, 1.807) is 7.11 Å². The number of aliphatic imine (C=N–C) groups is 1. The Morgan fingerprint density at radius 2 is 2.04 bits per heavy atom. The van der Waals surface area contributed by atoms with E-state index in [1.165, 1.54) is 5.56 Å². The summed E-state index contributed by atoms with van der Waals surface area (Å²) in [6.45, 7) is 7.59. The van der Waals surface area contributed by atoms with E-state index in [2.05, 4.69) is 34.3 Å². The number of guanidine groups is 1. The van der Waals surface area contributed by atoms with Gasteiger partial charge in [0.25, 0.3) is 0 Å². The average molecular weight is 480 g/mol. The number of aromatic nitrogens is 1. The minimum atomic E-state index is 0. The normalized spacial score (nSPS) is 16.8. The van der Waals surface area contributed by atoms with Gasteiger partial charge in [-0.25, -0.2) is 4.99 Å². The number of likely N-dealkylation sites (tertiary alicyclic amines) is 1. The van der Waals surface area contributed by atoms with Gasteiger partial charge in [0, 0.05) is 31.2 Å². The molecule has 0 radical (unpaired) electrons. The molecule has 1 atom stereocenters. The van der Waals surface area contributed by atoms with Crippen molar-refractivity contribution in [3.8, 4) is 5.75 Å². The molecule has 1 aromatic heterocycles. The van der Waals surface area contributed by atoms with Crippen molar-refractivity contribution in [2.45, 2.75) is 32.7 Å². The second-order valence-electron chi connectivity index (χ2n) is 6.65. The van der Waals surface area contributed by atoms with E-state index in [0.29, 0.717) is 12.5 Å². The molecule has 0 amide bonds. The van der Waals surface area contributed by atoms with Crippen LogP contribution in [0.15, 0.2) is 47.5 Å². The van der Waals surface area contributed by atoms with Gasteiger partial charge in [0.1, 0.15) is 5.75 Å². The molecule has 2 heterocycles. The molecule has 27 heavy (non-hydrogen) atoms. The Labute approximate surface area is 179 Å². The molecule has 6 heteroatoms. The zero-order valence-electron chi connectivity index (χ0n) is 16.3. The first-order valence-corrected chi connectivity index (χ1v) is 9.29. The van der Waals surface area contributed by atoms with Crippen LogP contribution in [0.3, 0.4) is 0 Å². The predicted octanol–water partition coefficient (Wildman–Crippen LogP) is 3.97. The molecule has 1 unspecified atom stereocenters. The summed E-state index contributed by atoms with van der Waals surface area (Å²) in [6.07, 6.45) is 1.14. The number of benzene rings is 1. The molecule has 5 nitrogen and oxygen atoms in total. The topological polar surface area (TPSA) is 49.8 Å². The van der Waals surface area contributed by atoms with Gasteiger partial charge < -0.3 is 15.0 Å². The maximum Gasteiger partial charge on any atom is 0.194 e. The Morgan fingerprint density at radius 1 is 1.26 bits per heavy atom. The summed E-state index contributed by atoms with van der Waals surface area (Å²) < 4.78 is 5.26. The van der Waals surface area contributed by atoms with Gasteiger partial charge >= 0.3 is 0 Å². The van der Waals surface area contributed by atoms with Crippen LogP contribution in [-0.2, 0) is 6.54 Å². The third-order valence-electron chi connectivity index (χ3n) is 4.75. The first kappa shape index (κ1) is 21.5. The van der Waals surface area contributed by atoms with Crippen LogP contribution in [0, 0.1) is 6.92 Å². The highest BCUT2D eigenvalue weighted by Crippen LogP contribution is 2.28. The van der Waals surface area contributed by atoms with E-state index in [1.807, 2.05) is 37.3 Å². The quantitative estimate of drug-likeness (QED) is 0.400. The molecule has 3 rings (SSSR count). The number of pyridine rings is 1. The van der Waals surface area contributed by atoms with Crippen molar-refractivity contribution in [3.63, 3.8) is 0 Å². The van der Waals surface area contributed by atoms with Gasteiger partial charge in [-0.3, -0.25) is 4.98 Å². The molecular formula is C21H29IN4O. The molecular weight excluding hydrogens is 451 g/mol. The van der Waals surface area contributed by atoms with E-state index in [9.17, 15) is 0 Å². The average Bonchev–Trinajstić information content (AvgIpc) is 3.15. The number of ether oxygens (including phenoxy) is 1. The van der Waals surface area contributed by atoms with E-state index in [0.717, 1.165) is 49.2 Å². The second-order valence-corrected chi connectivity index (χ2v) is 6.65. The van der Waals surface area contributed by atoms with Crippen LogP contribution in [0.4, 0.5) is 0 Å². The summed E-state index contributed by atoms with van der Waals surface area (Å²) in [6, 6.07) is 14.5. The molecule has 0 saturated carbocycles. The number of hydrogen-bond donors (Lipinski definition) is 1. The summed E-state index contributed by atoms with van der Waals surface area (Å²) in [7, 11) is 1.70. The number of nitrogens with zero attached hydrogens (tertiary/aromatic N) is 3. The standard InChI is InChI=1S/C21H28N4O.HI/c1-4-22-21(23-14-19-7-5-6-16(2)24-19)25-13-12-18(15-25)17-8-10-20(26-3)11-9-17;/h5-11,18H,4,12-15H2,1-3H3,(H,22,23);1H. The lowest BCUT2D eigenvalue weighted by Crippen LogP contribution is -2.40. The monoisotopic (exact) mass is 480 g/mol. The number of methoxy groups -OCH3 is 1. The van der Waals surface area contributed by atoms with Crippen LogP contribution in [0.25, 0.3) is 0 Å². The maximum atomic E-state index is 5.26. The molecule has 146 valence electrons. The van der Waals surface area contributed by atoms with Crippen molar-refractivity contribution in [2.75, 3.05) is 26.7 Å². The van der Waals surface area contributed by atoms with Crippen LogP contribution in [0.1, 0.15) is 36.2 Å². The molecule has 0 aliphatic carbocycles. The number of nitrogens with one attached hydrogen (secondary N) is 1. The van der Waals surface area contributed by atoms with E-state index in [-0.39, 0.29) is 24.0 Å². The highest BCUT2D eigenvalue weighted by molar-refractivity contribution is 14.0. The summed E-state index contributed by atoms with van der Waals surface area (Å²) in [5.74, 6) is 2.41. The molecule has 1 aromatic carbocycles. The molecule has 2 aromatic rings. The molecule has 1 aliphatic heterocycles. The number of halogens is 1. The van der Waals surface area contributed by atoms with Gasteiger partial charge in [-0.05, 0) is 50.1 Å². The van der Waals surface area contributed by atoms with E-state index in [4.69, 9.17) is 9.73 Å². The van der Waals surface area contributed by atoms with Gasteiger partial charge in [-0.15, -0.1) is 24.0 Å². The van der Waals surface area contributed by atoms with Crippen LogP contribution >= 0.6 is 24.0 Å². The minimum absolute atomic E-state index is 0. The van der Waals surface area contributed by atoms with Crippen molar-refractivity contribution in [2.24, 2.45) is 4.99 Å². The highest BCUT2D eigenvalue weighted by atomic mass is 127.